The molecule has 4 rings (SSSR count). The van der Waals surface area contributed by atoms with Gasteiger partial charge in [0.05, 0.1) is 18.2 Å². The molecule has 0 aliphatic carbocycles. The van der Waals surface area contributed by atoms with Gasteiger partial charge in [0, 0.05) is 16.3 Å². The normalized spacial score (nSPS) is 13.8. The highest BCUT2D eigenvalue weighted by Crippen LogP contribution is 2.32. The van der Waals surface area contributed by atoms with E-state index in [2.05, 4.69) is 5.32 Å². The number of nitrogens with one attached hydrogen (secondary N) is 1. The highest BCUT2D eigenvalue weighted by molar-refractivity contribution is 6.36. The van der Waals surface area contributed by atoms with Crippen molar-refractivity contribution in [2.24, 2.45) is 0 Å². The summed E-state index contributed by atoms with van der Waals surface area (Å²) in [4.78, 5) is 27.7. The molecule has 168 valence electrons. The van der Waals surface area contributed by atoms with Gasteiger partial charge in [-0.15, -0.1) is 0 Å². The minimum atomic E-state index is -0.532. The van der Waals surface area contributed by atoms with Gasteiger partial charge in [-0.05, 0) is 61.9 Å². The quantitative estimate of drug-likeness (QED) is 0.458. The zero-order valence-electron chi connectivity index (χ0n) is 18.1. The fourth-order valence-electron chi connectivity index (χ4n) is 3.55. The van der Waals surface area contributed by atoms with Crippen LogP contribution < -0.4 is 10.1 Å². The van der Waals surface area contributed by atoms with E-state index in [4.69, 9.17) is 16.3 Å². The minimum absolute atomic E-state index is 0.0315. The molecule has 3 aromatic carbocycles. The lowest BCUT2D eigenvalue weighted by atomic mass is 10.0. The zero-order valence-corrected chi connectivity index (χ0v) is 18.9. The van der Waals surface area contributed by atoms with Crippen LogP contribution in [0.25, 0.3) is 5.57 Å². The fraction of sp³-hybridized carbons (Fsp3) is 0.154. The average Bonchev–Trinajstić information content (AvgIpc) is 3.01. The van der Waals surface area contributed by atoms with Gasteiger partial charge in [0.15, 0.2) is 0 Å². The number of hydrogen-bond acceptors (Lipinski definition) is 4. The standard InChI is InChI=1S/C26H22ClFN2O3/c1-16(2)33-21-13-11-20(12-14-21)29-24-23(17-7-9-19(27)10-8-17)25(31)30(26(24)32)15-18-5-3-4-6-22(18)28/h3-14,16,29H,15H2,1-2H3. The molecule has 0 unspecified atom stereocenters. The summed E-state index contributed by atoms with van der Waals surface area (Å²) in [6.45, 7) is 3.69. The molecule has 1 N–H and O–H groups in total. The maximum atomic E-state index is 14.2. The summed E-state index contributed by atoms with van der Waals surface area (Å²) >= 11 is 6.01. The summed E-state index contributed by atoms with van der Waals surface area (Å²) in [7, 11) is 0. The third kappa shape index (κ3) is 4.91. The van der Waals surface area contributed by atoms with Gasteiger partial charge in [-0.3, -0.25) is 14.5 Å². The molecule has 1 heterocycles. The number of imide groups is 1. The van der Waals surface area contributed by atoms with E-state index < -0.39 is 17.6 Å². The molecule has 7 heteroatoms. The molecule has 33 heavy (non-hydrogen) atoms. The lowest BCUT2D eigenvalue weighted by molar-refractivity contribution is -0.137. The van der Waals surface area contributed by atoms with Crippen LogP contribution in [0.4, 0.5) is 10.1 Å². The molecular formula is C26H22ClFN2O3. The first-order chi connectivity index (χ1) is 15.8. The lowest BCUT2D eigenvalue weighted by Crippen LogP contribution is -2.32. The van der Waals surface area contributed by atoms with Crippen molar-refractivity contribution in [1.82, 2.24) is 4.90 Å². The van der Waals surface area contributed by atoms with E-state index in [1.165, 1.54) is 6.07 Å². The first kappa shape index (κ1) is 22.6. The summed E-state index contributed by atoms with van der Waals surface area (Å²) in [5.41, 5.74) is 1.73. The molecule has 0 bridgehead atoms. The van der Waals surface area contributed by atoms with E-state index in [9.17, 15) is 14.0 Å². The van der Waals surface area contributed by atoms with Crippen LogP contribution in [0.5, 0.6) is 5.75 Å². The zero-order chi connectivity index (χ0) is 23.5. The van der Waals surface area contributed by atoms with Crippen molar-refractivity contribution in [3.8, 4) is 5.75 Å². The molecule has 1 aliphatic heterocycles. The summed E-state index contributed by atoms with van der Waals surface area (Å²) in [6, 6.07) is 19.8. The van der Waals surface area contributed by atoms with Crippen LogP contribution >= 0.6 is 11.6 Å². The van der Waals surface area contributed by atoms with Gasteiger partial charge in [-0.1, -0.05) is 41.9 Å². The predicted molar refractivity (Wildman–Crippen MR) is 126 cm³/mol. The maximum absolute atomic E-state index is 14.2. The van der Waals surface area contributed by atoms with Crippen LogP contribution in [0.15, 0.2) is 78.5 Å². The van der Waals surface area contributed by atoms with E-state index in [-0.39, 0.29) is 29.5 Å². The smallest absolute Gasteiger partial charge is 0.278 e. The van der Waals surface area contributed by atoms with Crippen LogP contribution in [-0.2, 0) is 16.1 Å². The number of ether oxygens (including phenoxy) is 1. The molecule has 0 spiro atoms. The van der Waals surface area contributed by atoms with E-state index in [1.807, 2.05) is 13.8 Å². The molecule has 0 atom stereocenters. The third-order valence-electron chi connectivity index (χ3n) is 5.08. The number of rotatable bonds is 7. The number of carbonyl (C=O) groups is 2. The van der Waals surface area contributed by atoms with Crippen molar-refractivity contribution in [2.75, 3.05) is 5.32 Å². The van der Waals surface area contributed by atoms with Crippen molar-refractivity contribution < 1.29 is 18.7 Å². The number of hydrogen-bond donors (Lipinski definition) is 1. The van der Waals surface area contributed by atoms with E-state index in [0.29, 0.717) is 22.0 Å². The highest BCUT2D eigenvalue weighted by atomic mass is 35.5. The van der Waals surface area contributed by atoms with Crippen LogP contribution in [0.1, 0.15) is 25.0 Å². The number of anilines is 1. The Balaban J connectivity index is 1.69. The molecule has 2 amide bonds. The van der Waals surface area contributed by atoms with Crippen molar-refractivity contribution in [2.45, 2.75) is 26.5 Å². The van der Waals surface area contributed by atoms with Crippen molar-refractivity contribution >= 4 is 34.7 Å². The first-order valence-corrected chi connectivity index (χ1v) is 10.8. The summed E-state index contributed by atoms with van der Waals surface area (Å²) in [6.07, 6.45) is 0.0315. The van der Waals surface area contributed by atoms with Crippen molar-refractivity contribution in [1.29, 1.82) is 0 Å². The Hall–Kier alpha value is -3.64. The van der Waals surface area contributed by atoms with Crippen LogP contribution in [0, 0.1) is 5.82 Å². The van der Waals surface area contributed by atoms with E-state index >= 15 is 0 Å². The lowest BCUT2D eigenvalue weighted by Gasteiger charge is -2.16. The third-order valence-corrected chi connectivity index (χ3v) is 5.33. The Kier molecular flexibility index (Phi) is 6.47. The average molecular weight is 465 g/mol. The van der Waals surface area contributed by atoms with Crippen LogP contribution in [-0.4, -0.2) is 22.8 Å². The predicted octanol–water partition coefficient (Wildman–Crippen LogP) is 5.66. The minimum Gasteiger partial charge on any atom is -0.491 e. The molecular weight excluding hydrogens is 443 g/mol. The summed E-state index contributed by atoms with van der Waals surface area (Å²) in [5.74, 6) is -0.825. The van der Waals surface area contributed by atoms with Crippen LogP contribution in [0.2, 0.25) is 5.02 Å². The van der Waals surface area contributed by atoms with Gasteiger partial charge in [-0.25, -0.2) is 4.39 Å². The SMILES string of the molecule is CC(C)Oc1ccc(NC2=C(c3ccc(Cl)cc3)C(=O)N(Cc3ccccc3F)C2=O)cc1. The number of amides is 2. The fourth-order valence-corrected chi connectivity index (χ4v) is 3.68. The Labute approximate surface area is 196 Å². The molecule has 0 fully saturated rings. The Morgan fingerprint density at radius 1 is 0.939 bits per heavy atom. The van der Waals surface area contributed by atoms with Crippen molar-refractivity contribution in [3.05, 3.63) is 100 Å². The van der Waals surface area contributed by atoms with Gasteiger partial charge in [0.25, 0.3) is 11.8 Å². The molecule has 1 aliphatic rings. The second kappa shape index (κ2) is 9.46. The topological polar surface area (TPSA) is 58.6 Å². The van der Waals surface area contributed by atoms with Crippen LogP contribution in [0.3, 0.4) is 0 Å². The van der Waals surface area contributed by atoms with Gasteiger partial charge in [-0.2, -0.15) is 0 Å². The molecule has 0 saturated carbocycles. The highest BCUT2D eigenvalue weighted by Gasteiger charge is 2.39. The van der Waals surface area contributed by atoms with Gasteiger partial charge in [0.2, 0.25) is 0 Å². The number of halogens is 2. The van der Waals surface area contributed by atoms with E-state index in [1.54, 1.807) is 66.7 Å². The second-order valence-electron chi connectivity index (χ2n) is 7.86. The van der Waals surface area contributed by atoms with Gasteiger partial charge in [0.1, 0.15) is 17.3 Å². The summed E-state index contributed by atoms with van der Waals surface area (Å²) < 4.78 is 19.9. The second-order valence-corrected chi connectivity index (χ2v) is 8.30. The Morgan fingerprint density at radius 3 is 2.24 bits per heavy atom. The largest absolute Gasteiger partial charge is 0.491 e. The van der Waals surface area contributed by atoms with Gasteiger partial charge < -0.3 is 10.1 Å². The number of benzene rings is 3. The van der Waals surface area contributed by atoms with Crippen molar-refractivity contribution in [3.63, 3.8) is 0 Å². The maximum Gasteiger partial charge on any atom is 0.278 e. The molecule has 5 nitrogen and oxygen atoms in total. The molecule has 0 aromatic heterocycles. The molecule has 0 saturated heterocycles. The number of nitrogens with zero attached hydrogens (tertiary/aromatic N) is 1. The van der Waals surface area contributed by atoms with E-state index in [0.717, 1.165) is 4.90 Å². The molecule has 0 radical (unpaired) electrons. The van der Waals surface area contributed by atoms with Gasteiger partial charge >= 0.3 is 0 Å². The Bertz CT molecular complexity index is 1220. The molecule has 3 aromatic rings. The summed E-state index contributed by atoms with van der Waals surface area (Å²) in [5, 5.41) is 3.59. The Morgan fingerprint density at radius 2 is 1.61 bits per heavy atom. The number of carbonyl (C=O) groups excluding carboxylic acids is 2. The monoisotopic (exact) mass is 464 g/mol. The first-order valence-electron chi connectivity index (χ1n) is 10.5.